The summed E-state index contributed by atoms with van der Waals surface area (Å²) in [7, 11) is 1.55. The number of rotatable bonds is 5. The van der Waals surface area contributed by atoms with Crippen molar-refractivity contribution in [3.63, 3.8) is 0 Å². The molecule has 98 valence electrons. The van der Waals surface area contributed by atoms with E-state index in [1.54, 1.807) is 19.4 Å². The number of carbonyl (C=O) groups excluding carboxylic acids is 1. The number of nitrogens with zero attached hydrogens (tertiary/aromatic N) is 2. The summed E-state index contributed by atoms with van der Waals surface area (Å²) in [6.45, 7) is 0.539. The Kier molecular flexibility index (Phi) is 3.93. The quantitative estimate of drug-likeness (QED) is 0.761. The predicted molar refractivity (Wildman–Crippen MR) is 64.2 cm³/mol. The van der Waals surface area contributed by atoms with Crippen LogP contribution in [0.4, 0.5) is 5.95 Å². The number of carbonyl (C=O) groups is 1. The number of ether oxygens (including phenoxy) is 2. The lowest BCUT2D eigenvalue weighted by atomic mass is 10.2. The molecule has 0 aliphatic carbocycles. The maximum Gasteiger partial charge on any atom is 0.246 e. The average molecular weight is 252 g/mol. The average Bonchev–Trinajstić information content (AvgIpc) is 2.85. The van der Waals surface area contributed by atoms with Gasteiger partial charge in [-0.2, -0.15) is 4.98 Å². The topological polar surface area (TPSA) is 99.4 Å². The summed E-state index contributed by atoms with van der Waals surface area (Å²) in [4.78, 5) is 19.1. The second-order valence-electron chi connectivity index (χ2n) is 4.03. The van der Waals surface area contributed by atoms with Gasteiger partial charge in [-0.25, -0.2) is 4.98 Å². The van der Waals surface area contributed by atoms with Crippen molar-refractivity contribution >= 4 is 11.9 Å². The molecule has 0 aromatic carbocycles. The minimum Gasteiger partial charge on any atom is -0.481 e. The fourth-order valence-corrected chi connectivity index (χ4v) is 1.81. The van der Waals surface area contributed by atoms with Crippen molar-refractivity contribution in [3.8, 4) is 5.88 Å². The van der Waals surface area contributed by atoms with E-state index >= 15 is 0 Å². The number of nitrogens with one attached hydrogen (secondary N) is 1. The molecule has 3 N–H and O–H groups in total. The zero-order chi connectivity index (χ0) is 13.0. The van der Waals surface area contributed by atoms with Gasteiger partial charge >= 0.3 is 0 Å². The largest absolute Gasteiger partial charge is 0.481 e. The van der Waals surface area contributed by atoms with Gasteiger partial charge in [-0.15, -0.1) is 0 Å². The molecule has 0 saturated carbocycles. The first kappa shape index (κ1) is 12.6. The molecule has 1 amide bonds. The van der Waals surface area contributed by atoms with E-state index in [4.69, 9.17) is 15.2 Å². The Labute approximate surface area is 105 Å². The van der Waals surface area contributed by atoms with Gasteiger partial charge < -0.3 is 20.5 Å². The smallest absolute Gasteiger partial charge is 0.246 e. The minimum absolute atomic E-state index is 0.0442. The number of primary amides is 1. The third-order valence-electron chi connectivity index (χ3n) is 2.75. The van der Waals surface area contributed by atoms with Crippen LogP contribution >= 0.6 is 0 Å². The van der Waals surface area contributed by atoms with E-state index in [1.165, 1.54) is 0 Å². The minimum atomic E-state index is -0.469. The summed E-state index contributed by atoms with van der Waals surface area (Å²) < 4.78 is 10.5. The Morgan fingerprint density at radius 3 is 3.17 bits per heavy atom. The third kappa shape index (κ3) is 3.07. The fraction of sp³-hybridized carbons (Fsp3) is 0.545. The molecular formula is C11H16N4O3. The van der Waals surface area contributed by atoms with Crippen LogP contribution in [0.25, 0.3) is 0 Å². The van der Waals surface area contributed by atoms with Gasteiger partial charge in [0.25, 0.3) is 0 Å². The number of methoxy groups -OCH3 is 1. The van der Waals surface area contributed by atoms with Gasteiger partial charge in [-0.1, -0.05) is 0 Å². The SMILES string of the molecule is COc1ccnc(NCC2CCC(C(N)=O)O2)n1. The van der Waals surface area contributed by atoms with E-state index in [9.17, 15) is 4.79 Å². The first-order chi connectivity index (χ1) is 8.69. The van der Waals surface area contributed by atoms with Crippen molar-refractivity contribution in [3.05, 3.63) is 12.3 Å². The molecule has 1 aliphatic heterocycles. The van der Waals surface area contributed by atoms with Crippen LogP contribution in [0.5, 0.6) is 5.88 Å². The highest BCUT2D eigenvalue weighted by atomic mass is 16.5. The van der Waals surface area contributed by atoms with Gasteiger partial charge in [0.05, 0.1) is 13.2 Å². The van der Waals surface area contributed by atoms with Crippen molar-refractivity contribution in [2.75, 3.05) is 19.0 Å². The van der Waals surface area contributed by atoms with Crippen molar-refractivity contribution < 1.29 is 14.3 Å². The monoisotopic (exact) mass is 252 g/mol. The molecule has 18 heavy (non-hydrogen) atoms. The van der Waals surface area contributed by atoms with Crippen LogP contribution in [0.1, 0.15) is 12.8 Å². The van der Waals surface area contributed by atoms with Crippen LogP contribution in [0.2, 0.25) is 0 Å². The summed E-state index contributed by atoms with van der Waals surface area (Å²) >= 11 is 0. The van der Waals surface area contributed by atoms with Gasteiger partial charge in [-0.3, -0.25) is 4.79 Å². The molecule has 1 aliphatic rings. The van der Waals surface area contributed by atoms with Gasteiger partial charge in [0.1, 0.15) is 6.10 Å². The third-order valence-corrected chi connectivity index (χ3v) is 2.75. The molecular weight excluding hydrogens is 236 g/mol. The number of aromatic nitrogens is 2. The molecule has 2 unspecified atom stereocenters. The highest BCUT2D eigenvalue weighted by Gasteiger charge is 2.28. The Bertz CT molecular complexity index is 427. The van der Waals surface area contributed by atoms with Crippen LogP contribution in [0, 0.1) is 0 Å². The summed E-state index contributed by atoms with van der Waals surface area (Å²) in [6.07, 6.45) is 2.56. The van der Waals surface area contributed by atoms with E-state index in [1.807, 2.05) is 0 Å². The summed E-state index contributed by atoms with van der Waals surface area (Å²) in [6, 6.07) is 1.67. The normalized spacial score (nSPS) is 22.7. The van der Waals surface area contributed by atoms with Crippen molar-refractivity contribution in [1.82, 2.24) is 9.97 Å². The van der Waals surface area contributed by atoms with Gasteiger partial charge in [0, 0.05) is 18.8 Å². The summed E-state index contributed by atoms with van der Waals surface area (Å²) in [5.41, 5.74) is 5.18. The molecule has 7 nitrogen and oxygen atoms in total. The Balaban J connectivity index is 1.83. The number of hydrogen-bond donors (Lipinski definition) is 2. The van der Waals surface area contributed by atoms with Gasteiger partial charge in [0.2, 0.25) is 17.7 Å². The zero-order valence-electron chi connectivity index (χ0n) is 10.1. The second-order valence-corrected chi connectivity index (χ2v) is 4.03. The molecule has 2 atom stereocenters. The number of nitrogens with two attached hydrogens (primary N) is 1. The summed E-state index contributed by atoms with van der Waals surface area (Å²) in [5, 5.41) is 3.04. The van der Waals surface area contributed by atoms with E-state index in [0.29, 0.717) is 24.8 Å². The van der Waals surface area contributed by atoms with Crippen molar-refractivity contribution in [1.29, 1.82) is 0 Å². The van der Waals surface area contributed by atoms with E-state index < -0.39 is 12.0 Å². The van der Waals surface area contributed by atoms with Crippen LogP contribution in [0.3, 0.4) is 0 Å². The van der Waals surface area contributed by atoms with E-state index in [2.05, 4.69) is 15.3 Å². The number of anilines is 1. The molecule has 1 aromatic heterocycles. The second kappa shape index (κ2) is 5.63. The molecule has 0 bridgehead atoms. The first-order valence-electron chi connectivity index (χ1n) is 5.74. The molecule has 7 heteroatoms. The lowest BCUT2D eigenvalue weighted by molar-refractivity contribution is -0.128. The molecule has 1 fully saturated rings. The number of amides is 1. The molecule has 2 heterocycles. The van der Waals surface area contributed by atoms with Crippen LogP contribution in [-0.4, -0.2) is 41.7 Å². The Morgan fingerprint density at radius 2 is 2.50 bits per heavy atom. The highest BCUT2D eigenvalue weighted by molar-refractivity contribution is 5.79. The zero-order valence-corrected chi connectivity index (χ0v) is 10.1. The van der Waals surface area contributed by atoms with Crippen molar-refractivity contribution in [2.24, 2.45) is 5.73 Å². The van der Waals surface area contributed by atoms with Gasteiger partial charge in [-0.05, 0) is 12.8 Å². The predicted octanol–water partition coefficient (Wildman–Crippen LogP) is -0.0700. The van der Waals surface area contributed by atoms with Crippen molar-refractivity contribution in [2.45, 2.75) is 25.0 Å². The maximum atomic E-state index is 10.9. The molecule has 2 rings (SSSR count). The Hall–Kier alpha value is -1.89. The lowest BCUT2D eigenvalue weighted by Gasteiger charge is -2.12. The molecule has 1 saturated heterocycles. The lowest BCUT2D eigenvalue weighted by Crippen LogP contribution is -2.30. The van der Waals surface area contributed by atoms with E-state index in [-0.39, 0.29) is 6.10 Å². The fourth-order valence-electron chi connectivity index (χ4n) is 1.81. The molecule has 0 spiro atoms. The van der Waals surface area contributed by atoms with Gasteiger partial charge in [0.15, 0.2) is 0 Å². The van der Waals surface area contributed by atoms with E-state index in [0.717, 1.165) is 6.42 Å². The summed E-state index contributed by atoms with van der Waals surface area (Å²) in [5.74, 6) is 0.561. The standard InChI is InChI=1S/C11H16N4O3/c1-17-9-4-5-13-11(15-9)14-6-7-2-3-8(18-7)10(12)16/h4-5,7-8H,2-3,6H2,1H3,(H2,12,16)(H,13,14,15). The maximum absolute atomic E-state index is 10.9. The molecule has 1 aromatic rings. The highest BCUT2D eigenvalue weighted by Crippen LogP contribution is 2.19. The van der Waals surface area contributed by atoms with Crippen LogP contribution in [-0.2, 0) is 9.53 Å². The number of hydrogen-bond acceptors (Lipinski definition) is 6. The Morgan fingerprint density at radius 1 is 1.67 bits per heavy atom. The van der Waals surface area contributed by atoms with Crippen LogP contribution in [0.15, 0.2) is 12.3 Å². The first-order valence-corrected chi connectivity index (χ1v) is 5.74. The van der Waals surface area contributed by atoms with Crippen LogP contribution < -0.4 is 15.8 Å². The molecule has 0 radical (unpaired) electrons.